The van der Waals surface area contributed by atoms with Gasteiger partial charge in [0.15, 0.2) is 0 Å². The molecule has 19 heavy (non-hydrogen) atoms. The van der Waals surface area contributed by atoms with Gasteiger partial charge in [-0.2, -0.15) is 5.10 Å². The molecular formula is C14H21N3O2. The van der Waals surface area contributed by atoms with Crippen LogP contribution in [0.1, 0.15) is 31.2 Å². The van der Waals surface area contributed by atoms with Crippen LogP contribution in [0.5, 0.6) is 0 Å². The fourth-order valence-electron chi connectivity index (χ4n) is 3.06. The summed E-state index contributed by atoms with van der Waals surface area (Å²) in [6.07, 6.45) is 7.74. The van der Waals surface area contributed by atoms with Crippen LogP contribution < -0.4 is 0 Å². The lowest BCUT2D eigenvalue weighted by molar-refractivity contribution is -0.142. The van der Waals surface area contributed by atoms with E-state index in [9.17, 15) is 4.79 Å². The molecule has 0 bridgehead atoms. The number of hydrogen-bond acceptors (Lipinski definition) is 3. The molecule has 0 N–H and O–H groups in total. The van der Waals surface area contributed by atoms with Gasteiger partial charge >= 0.3 is 0 Å². The van der Waals surface area contributed by atoms with E-state index in [-0.39, 0.29) is 18.1 Å². The Morgan fingerprint density at radius 3 is 3.05 bits per heavy atom. The van der Waals surface area contributed by atoms with Crippen LogP contribution in [0.2, 0.25) is 0 Å². The fourth-order valence-corrected chi connectivity index (χ4v) is 3.06. The normalized spacial score (nSPS) is 27.1. The Bertz CT molecular complexity index is 451. The van der Waals surface area contributed by atoms with Crippen molar-refractivity contribution in [1.82, 2.24) is 14.7 Å². The highest BCUT2D eigenvalue weighted by Crippen LogP contribution is 2.23. The molecule has 0 unspecified atom stereocenters. The lowest BCUT2D eigenvalue weighted by Crippen LogP contribution is -2.43. The molecule has 5 heteroatoms. The predicted molar refractivity (Wildman–Crippen MR) is 70.7 cm³/mol. The van der Waals surface area contributed by atoms with Crippen LogP contribution >= 0.6 is 0 Å². The van der Waals surface area contributed by atoms with Gasteiger partial charge in [0.2, 0.25) is 0 Å². The molecule has 5 nitrogen and oxygen atoms in total. The summed E-state index contributed by atoms with van der Waals surface area (Å²) >= 11 is 0. The second kappa shape index (κ2) is 5.33. The van der Waals surface area contributed by atoms with E-state index in [0.29, 0.717) is 0 Å². The van der Waals surface area contributed by atoms with E-state index in [1.165, 1.54) is 0 Å². The van der Waals surface area contributed by atoms with E-state index in [2.05, 4.69) is 5.10 Å². The molecule has 0 saturated carbocycles. The highest BCUT2D eigenvalue weighted by Gasteiger charge is 2.35. The number of amides is 1. The Morgan fingerprint density at radius 2 is 2.37 bits per heavy atom. The van der Waals surface area contributed by atoms with Crippen molar-refractivity contribution in [2.75, 3.05) is 13.2 Å². The lowest BCUT2D eigenvalue weighted by atomic mass is 10.2. The number of hydrogen-bond donors (Lipinski definition) is 0. The van der Waals surface area contributed by atoms with Gasteiger partial charge in [-0.15, -0.1) is 0 Å². The van der Waals surface area contributed by atoms with Gasteiger partial charge in [-0.3, -0.25) is 9.48 Å². The van der Waals surface area contributed by atoms with Crippen molar-refractivity contribution < 1.29 is 9.53 Å². The molecule has 3 heterocycles. The zero-order valence-corrected chi connectivity index (χ0v) is 11.4. The zero-order valence-electron chi connectivity index (χ0n) is 11.4. The van der Waals surface area contributed by atoms with Crippen LogP contribution in [-0.4, -0.2) is 45.9 Å². The first-order valence-electron chi connectivity index (χ1n) is 7.15. The largest absolute Gasteiger partial charge is 0.368 e. The smallest absolute Gasteiger partial charge is 0.252 e. The summed E-state index contributed by atoms with van der Waals surface area (Å²) in [5.41, 5.74) is 1.16. The molecule has 1 aromatic rings. The maximum atomic E-state index is 12.4. The highest BCUT2D eigenvalue weighted by atomic mass is 16.5. The van der Waals surface area contributed by atoms with Gasteiger partial charge in [0.05, 0.1) is 18.8 Å². The van der Waals surface area contributed by atoms with Crippen LogP contribution in [-0.2, 0) is 16.1 Å². The highest BCUT2D eigenvalue weighted by molar-refractivity contribution is 5.81. The topological polar surface area (TPSA) is 47.4 Å². The van der Waals surface area contributed by atoms with E-state index in [1.807, 2.05) is 28.9 Å². The SMILES string of the molecule is Cc1cnn(C[C@@H]2CCCN2C(=O)[C@H]2CCCO2)c1. The molecule has 1 aromatic heterocycles. The third kappa shape index (κ3) is 2.66. The van der Waals surface area contributed by atoms with E-state index in [0.717, 1.165) is 50.9 Å². The minimum Gasteiger partial charge on any atom is -0.368 e. The number of nitrogens with zero attached hydrogens (tertiary/aromatic N) is 3. The second-order valence-electron chi connectivity index (χ2n) is 5.57. The Kier molecular flexibility index (Phi) is 3.55. The number of ether oxygens (including phenoxy) is 1. The van der Waals surface area contributed by atoms with Crippen molar-refractivity contribution in [3.63, 3.8) is 0 Å². The van der Waals surface area contributed by atoms with Gasteiger partial charge < -0.3 is 9.64 Å². The number of aryl methyl sites for hydroxylation is 1. The summed E-state index contributed by atoms with van der Waals surface area (Å²) in [7, 11) is 0. The molecule has 3 rings (SSSR count). The van der Waals surface area contributed by atoms with Gasteiger partial charge in [0, 0.05) is 19.3 Å². The third-order valence-electron chi connectivity index (χ3n) is 4.03. The standard InChI is InChI=1S/C14H21N3O2/c1-11-8-15-16(9-11)10-12-4-2-6-17(12)14(18)13-5-3-7-19-13/h8-9,12-13H,2-7,10H2,1H3/t12-,13+/m0/s1. The van der Waals surface area contributed by atoms with Gasteiger partial charge in [0.1, 0.15) is 6.10 Å². The van der Waals surface area contributed by atoms with Crippen molar-refractivity contribution in [2.24, 2.45) is 0 Å². The summed E-state index contributed by atoms with van der Waals surface area (Å²) in [6, 6.07) is 0.274. The number of rotatable bonds is 3. The molecule has 2 atom stereocenters. The van der Waals surface area contributed by atoms with Gasteiger partial charge in [-0.1, -0.05) is 0 Å². The number of aromatic nitrogens is 2. The number of carbonyl (C=O) groups excluding carboxylic acids is 1. The molecular weight excluding hydrogens is 242 g/mol. The van der Waals surface area contributed by atoms with Crippen LogP contribution in [0.3, 0.4) is 0 Å². The van der Waals surface area contributed by atoms with Crippen molar-refractivity contribution in [2.45, 2.75) is 51.3 Å². The van der Waals surface area contributed by atoms with Crippen LogP contribution in [0.25, 0.3) is 0 Å². The molecule has 2 aliphatic rings. The Hall–Kier alpha value is -1.36. The Balaban J connectivity index is 1.65. The number of likely N-dealkylation sites (tertiary alicyclic amines) is 1. The molecule has 0 aromatic carbocycles. The van der Waals surface area contributed by atoms with E-state index >= 15 is 0 Å². The second-order valence-corrected chi connectivity index (χ2v) is 5.57. The first kappa shape index (κ1) is 12.7. The van der Waals surface area contributed by atoms with Crippen molar-refractivity contribution >= 4 is 5.91 Å². The Morgan fingerprint density at radius 1 is 1.47 bits per heavy atom. The molecule has 2 fully saturated rings. The first-order valence-corrected chi connectivity index (χ1v) is 7.15. The molecule has 0 aliphatic carbocycles. The summed E-state index contributed by atoms with van der Waals surface area (Å²) in [6.45, 7) is 4.43. The molecule has 2 saturated heterocycles. The average Bonchev–Trinajstić information content (AvgIpc) is 3.10. The van der Waals surface area contributed by atoms with Gasteiger partial charge in [0.25, 0.3) is 5.91 Å². The monoisotopic (exact) mass is 263 g/mol. The quantitative estimate of drug-likeness (QED) is 0.827. The molecule has 1 amide bonds. The molecule has 0 radical (unpaired) electrons. The van der Waals surface area contributed by atoms with Crippen LogP contribution in [0.4, 0.5) is 0 Å². The minimum absolute atomic E-state index is 0.184. The molecule has 0 spiro atoms. The predicted octanol–water partition coefficient (Wildman–Crippen LogP) is 1.36. The van der Waals surface area contributed by atoms with E-state index in [4.69, 9.17) is 4.74 Å². The zero-order chi connectivity index (χ0) is 13.2. The molecule has 2 aliphatic heterocycles. The Labute approximate surface area is 113 Å². The van der Waals surface area contributed by atoms with Crippen LogP contribution in [0.15, 0.2) is 12.4 Å². The van der Waals surface area contributed by atoms with Crippen LogP contribution in [0, 0.1) is 6.92 Å². The summed E-state index contributed by atoms with van der Waals surface area (Å²) in [5.74, 6) is 0.184. The summed E-state index contributed by atoms with van der Waals surface area (Å²) in [5, 5.41) is 4.32. The number of carbonyl (C=O) groups is 1. The van der Waals surface area contributed by atoms with Gasteiger partial charge in [-0.05, 0) is 38.2 Å². The average molecular weight is 263 g/mol. The summed E-state index contributed by atoms with van der Waals surface area (Å²) in [4.78, 5) is 14.4. The van der Waals surface area contributed by atoms with Gasteiger partial charge in [-0.25, -0.2) is 0 Å². The fraction of sp³-hybridized carbons (Fsp3) is 0.714. The third-order valence-corrected chi connectivity index (χ3v) is 4.03. The van der Waals surface area contributed by atoms with Crippen molar-refractivity contribution in [3.05, 3.63) is 18.0 Å². The van der Waals surface area contributed by atoms with Crippen molar-refractivity contribution in [3.8, 4) is 0 Å². The minimum atomic E-state index is -0.194. The summed E-state index contributed by atoms with van der Waals surface area (Å²) < 4.78 is 7.46. The van der Waals surface area contributed by atoms with Crippen molar-refractivity contribution in [1.29, 1.82) is 0 Å². The maximum absolute atomic E-state index is 12.4. The maximum Gasteiger partial charge on any atom is 0.252 e. The first-order chi connectivity index (χ1) is 9.24. The molecule has 104 valence electrons. The van der Waals surface area contributed by atoms with E-state index < -0.39 is 0 Å². The lowest BCUT2D eigenvalue weighted by Gasteiger charge is -2.27. The van der Waals surface area contributed by atoms with E-state index in [1.54, 1.807) is 0 Å².